The van der Waals surface area contributed by atoms with Gasteiger partial charge in [-0.05, 0) is 36.1 Å². The maximum atomic E-state index is 13.3. The third-order valence-electron chi connectivity index (χ3n) is 1.95. The zero-order valence-electron chi connectivity index (χ0n) is 7.44. The minimum atomic E-state index is -0.179. The van der Waals surface area contributed by atoms with Crippen molar-refractivity contribution < 1.29 is 4.39 Å². The van der Waals surface area contributed by atoms with Crippen LogP contribution in [0.25, 0.3) is 0 Å². The van der Waals surface area contributed by atoms with Crippen LogP contribution in [-0.4, -0.2) is 10.7 Å². The highest BCUT2D eigenvalue weighted by atomic mass is 79.9. The minimum Gasteiger partial charge on any atom is -0.207 e. The molecule has 0 amide bonds. The number of alkyl halides is 2. The van der Waals surface area contributed by atoms with Crippen molar-refractivity contribution in [3.8, 4) is 0 Å². The molecule has 0 unspecified atom stereocenters. The Bertz CT molecular complexity index is 300. The van der Waals surface area contributed by atoms with Gasteiger partial charge in [-0.15, -0.1) is 0 Å². The van der Waals surface area contributed by atoms with Gasteiger partial charge in [-0.1, -0.05) is 43.5 Å². The van der Waals surface area contributed by atoms with E-state index in [-0.39, 0.29) is 5.82 Å². The second-order valence-corrected chi connectivity index (χ2v) is 4.85. The normalized spacial score (nSPS) is 10.9. The molecule has 1 aromatic rings. The lowest BCUT2D eigenvalue weighted by atomic mass is 10.0. The van der Waals surface area contributed by atoms with Gasteiger partial charge in [0.25, 0.3) is 0 Å². The molecule has 78 valence electrons. The van der Waals surface area contributed by atoms with Crippen LogP contribution in [0.1, 0.15) is 5.56 Å². The third kappa shape index (κ3) is 3.52. The number of hydrogen-bond acceptors (Lipinski definition) is 0. The van der Waals surface area contributed by atoms with E-state index in [0.29, 0.717) is 22.9 Å². The van der Waals surface area contributed by atoms with Gasteiger partial charge in [0, 0.05) is 15.7 Å². The molecule has 14 heavy (non-hydrogen) atoms. The first-order chi connectivity index (χ1) is 6.67. The average molecular weight is 344 g/mol. The molecule has 0 heterocycles. The van der Waals surface area contributed by atoms with Crippen molar-refractivity contribution in [2.45, 2.75) is 6.42 Å². The standard InChI is InChI=1S/C10H10Br2ClF/c11-5-7(6-12)3-8-4-9(13)1-2-10(8)14/h1-2,4,7H,3,5-6H2. The number of benzene rings is 1. The molecule has 0 bridgehead atoms. The molecule has 0 saturated heterocycles. The summed E-state index contributed by atoms with van der Waals surface area (Å²) < 4.78 is 13.3. The summed E-state index contributed by atoms with van der Waals surface area (Å²) in [6.07, 6.45) is 0.697. The van der Waals surface area contributed by atoms with Gasteiger partial charge >= 0.3 is 0 Å². The first-order valence-electron chi connectivity index (χ1n) is 4.23. The summed E-state index contributed by atoms with van der Waals surface area (Å²) >= 11 is 12.6. The van der Waals surface area contributed by atoms with Crippen LogP contribution in [0.2, 0.25) is 5.02 Å². The summed E-state index contributed by atoms with van der Waals surface area (Å²) in [7, 11) is 0. The fourth-order valence-electron chi connectivity index (χ4n) is 1.16. The van der Waals surface area contributed by atoms with Gasteiger partial charge in [0.05, 0.1) is 0 Å². The van der Waals surface area contributed by atoms with E-state index in [0.717, 1.165) is 10.7 Å². The van der Waals surface area contributed by atoms with Crippen LogP contribution in [0.15, 0.2) is 18.2 Å². The smallest absolute Gasteiger partial charge is 0.126 e. The van der Waals surface area contributed by atoms with Gasteiger partial charge in [-0.25, -0.2) is 4.39 Å². The molecular weight excluding hydrogens is 334 g/mol. The summed E-state index contributed by atoms with van der Waals surface area (Å²) in [6.45, 7) is 0. The van der Waals surface area contributed by atoms with Crippen molar-refractivity contribution in [1.82, 2.24) is 0 Å². The fraction of sp³-hybridized carbons (Fsp3) is 0.400. The first-order valence-corrected chi connectivity index (χ1v) is 6.85. The van der Waals surface area contributed by atoms with Crippen LogP contribution in [0.3, 0.4) is 0 Å². The summed E-state index contributed by atoms with van der Waals surface area (Å²) in [5.74, 6) is 0.212. The van der Waals surface area contributed by atoms with Crippen LogP contribution in [0.4, 0.5) is 4.39 Å². The quantitative estimate of drug-likeness (QED) is 0.709. The van der Waals surface area contributed by atoms with E-state index in [1.807, 2.05) is 0 Å². The first kappa shape index (κ1) is 12.5. The molecule has 1 rings (SSSR count). The molecule has 0 saturated carbocycles. The van der Waals surface area contributed by atoms with Crippen molar-refractivity contribution >= 4 is 43.5 Å². The lowest BCUT2D eigenvalue weighted by Gasteiger charge is -2.11. The SMILES string of the molecule is Fc1ccc(Cl)cc1CC(CBr)CBr. The van der Waals surface area contributed by atoms with Gasteiger partial charge in [0.2, 0.25) is 0 Å². The number of rotatable bonds is 4. The molecule has 0 radical (unpaired) electrons. The molecular formula is C10H10Br2ClF. The molecule has 0 spiro atoms. The van der Waals surface area contributed by atoms with Gasteiger partial charge in [0.15, 0.2) is 0 Å². The van der Waals surface area contributed by atoms with Crippen molar-refractivity contribution in [1.29, 1.82) is 0 Å². The highest BCUT2D eigenvalue weighted by Crippen LogP contribution is 2.20. The predicted molar refractivity (Wildman–Crippen MR) is 66.2 cm³/mol. The monoisotopic (exact) mass is 342 g/mol. The van der Waals surface area contributed by atoms with E-state index < -0.39 is 0 Å². The maximum Gasteiger partial charge on any atom is 0.126 e. The van der Waals surface area contributed by atoms with Gasteiger partial charge in [-0.2, -0.15) is 0 Å². The Morgan fingerprint density at radius 2 is 1.93 bits per heavy atom. The van der Waals surface area contributed by atoms with E-state index in [1.54, 1.807) is 12.1 Å². The molecule has 0 aliphatic rings. The Labute approximate surface area is 105 Å². The Morgan fingerprint density at radius 3 is 2.50 bits per heavy atom. The van der Waals surface area contributed by atoms with Crippen molar-refractivity contribution in [3.63, 3.8) is 0 Å². The summed E-state index contributed by atoms with van der Waals surface area (Å²) in [5.41, 5.74) is 0.682. The van der Waals surface area contributed by atoms with Crippen molar-refractivity contribution in [3.05, 3.63) is 34.6 Å². The minimum absolute atomic E-state index is 0.179. The van der Waals surface area contributed by atoms with Crippen LogP contribution in [0, 0.1) is 11.7 Å². The predicted octanol–water partition coefficient (Wildman–Crippen LogP) is 4.43. The van der Waals surface area contributed by atoms with Gasteiger partial charge in [0.1, 0.15) is 5.82 Å². The fourth-order valence-corrected chi connectivity index (χ4v) is 2.89. The zero-order valence-corrected chi connectivity index (χ0v) is 11.4. The molecule has 4 heteroatoms. The van der Waals surface area contributed by atoms with Crippen LogP contribution < -0.4 is 0 Å². The van der Waals surface area contributed by atoms with E-state index >= 15 is 0 Å². The van der Waals surface area contributed by atoms with E-state index in [4.69, 9.17) is 11.6 Å². The lowest BCUT2D eigenvalue weighted by molar-refractivity contribution is 0.583. The highest BCUT2D eigenvalue weighted by Gasteiger charge is 2.10. The van der Waals surface area contributed by atoms with Crippen LogP contribution in [-0.2, 0) is 6.42 Å². The van der Waals surface area contributed by atoms with E-state index in [1.165, 1.54) is 6.07 Å². The zero-order chi connectivity index (χ0) is 10.6. The molecule has 0 aliphatic carbocycles. The van der Waals surface area contributed by atoms with Gasteiger partial charge in [-0.3, -0.25) is 0 Å². The number of halogens is 4. The molecule has 0 aliphatic heterocycles. The molecule has 0 nitrogen and oxygen atoms in total. The van der Waals surface area contributed by atoms with E-state index in [9.17, 15) is 4.39 Å². The topological polar surface area (TPSA) is 0 Å². The molecule has 0 fully saturated rings. The second kappa shape index (κ2) is 6.09. The second-order valence-electron chi connectivity index (χ2n) is 3.11. The Hall–Kier alpha value is 0.400. The number of hydrogen-bond donors (Lipinski definition) is 0. The summed E-state index contributed by atoms with van der Waals surface area (Å²) in [6, 6.07) is 4.67. The Morgan fingerprint density at radius 1 is 1.29 bits per heavy atom. The van der Waals surface area contributed by atoms with Gasteiger partial charge < -0.3 is 0 Å². The van der Waals surface area contributed by atoms with Crippen LogP contribution in [0.5, 0.6) is 0 Å². The van der Waals surface area contributed by atoms with E-state index in [2.05, 4.69) is 31.9 Å². The van der Waals surface area contributed by atoms with Crippen LogP contribution >= 0.6 is 43.5 Å². The maximum absolute atomic E-state index is 13.3. The Kier molecular flexibility index (Phi) is 5.42. The lowest BCUT2D eigenvalue weighted by Crippen LogP contribution is -2.08. The largest absolute Gasteiger partial charge is 0.207 e. The Balaban J connectivity index is 2.79. The molecule has 1 aromatic carbocycles. The summed E-state index contributed by atoms with van der Waals surface area (Å²) in [4.78, 5) is 0. The van der Waals surface area contributed by atoms with Crippen molar-refractivity contribution in [2.75, 3.05) is 10.7 Å². The molecule has 0 aromatic heterocycles. The molecule has 0 atom stereocenters. The summed E-state index contributed by atoms with van der Waals surface area (Å²) in [5, 5.41) is 2.29. The molecule has 0 N–H and O–H groups in total. The third-order valence-corrected chi connectivity index (χ3v) is 4.02. The average Bonchev–Trinajstić information content (AvgIpc) is 2.19. The highest BCUT2D eigenvalue weighted by molar-refractivity contribution is 9.09. The van der Waals surface area contributed by atoms with Crippen molar-refractivity contribution in [2.24, 2.45) is 5.92 Å².